The van der Waals surface area contributed by atoms with Crippen LogP contribution >= 0.6 is 0 Å². The van der Waals surface area contributed by atoms with Crippen molar-refractivity contribution >= 4 is 32.8 Å². The summed E-state index contributed by atoms with van der Waals surface area (Å²) in [4.78, 5) is 24.6. The number of carboxylic acids is 1. The number of nitrogens with zero attached hydrogens (tertiary/aromatic N) is 1. The van der Waals surface area contributed by atoms with E-state index >= 15 is 0 Å². The molecule has 0 saturated carbocycles. The van der Waals surface area contributed by atoms with Crippen molar-refractivity contribution in [3.8, 4) is 11.1 Å². The summed E-state index contributed by atoms with van der Waals surface area (Å²) in [5.74, 6) is -1.14. The lowest BCUT2D eigenvalue weighted by molar-refractivity contribution is -0.192. The minimum absolute atomic E-state index is 0.118. The quantitative estimate of drug-likeness (QED) is 0.192. The average molecular weight is 649 g/mol. The Hall–Kier alpha value is -4.14. The number of carbonyl (C=O) groups is 2. The van der Waals surface area contributed by atoms with Gasteiger partial charge in [-0.05, 0) is 85.2 Å². The van der Waals surface area contributed by atoms with E-state index in [1.807, 2.05) is 43.5 Å². The first-order valence-corrected chi connectivity index (χ1v) is 15.9. The molecule has 1 fully saturated rings. The maximum absolute atomic E-state index is 12.4. The predicted molar refractivity (Wildman–Crippen MR) is 163 cm³/mol. The molecule has 1 aliphatic heterocycles. The number of benzene rings is 2. The van der Waals surface area contributed by atoms with Crippen molar-refractivity contribution in [1.29, 1.82) is 0 Å². The molecule has 5 N–H and O–H groups in total. The van der Waals surface area contributed by atoms with Gasteiger partial charge in [-0.2, -0.15) is 13.2 Å². The molecule has 5 rings (SSSR count). The van der Waals surface area contributed by atoms with Gasteiger partial charge >= 0.3 is 12.1 Å². The zero-order chi connectivity index (χ0) is 32.9. The summed E-state index contributed by atoms with van der Waals surface area (Å²) in [5.41, 5.74) is 11.1. The van der Waals surface area contributed by atoms with Crippen LogP contribution in [0, 0.1) is 6.92 Å². The fraction of sp³-hybridized carbons (Fsp3) is 0.355. The second-order valence-corrected chi connectivity index (χ2v) is 13.0. The number of primary amides is 1. The lowest BCUT2D eigenvalue weighted by Crippen LogP contribution is -2.38. The first-order valence-electron chi connectivity index (χ1n) is 14.3. The molecule has 242 valence electrons. The van der Waals surface area contributed by atoms with Crippen LogP contribution in [0.4, 0.5) is 13.2 Å². The molecule has 2 aromatic heterocycles. The van der Waals surface area contributed by atoms with Gasteiger partial charge in [0.15, 0.2) is 0 Å². The van der Waals surface area contributed by atoms with E-state index in [9.17, 15) is 26.4 Å². The van der Waals surface area contributed by atoms with Crippen molar-refractivity contribution in [1.82, 2.24) is 14.6 Å². The van der Waals surface area contributed by atoms with Crippen LogP contribution in [-0.4, -0.2) is 59.7 Å². The maximum Gasteiger partial charge on any atom is 0.490 e. The monoisotopic (exact) mass is 648 g/mol. The number of aliphatic carboxylic acids is 1. The second kappa shape index (κ2) is 13.9. The van der Waals surface area contributed by atoms with Crippen LogP contribution in [-0.2, 0) is 27.9 Å². The van der Waals surface area contributed by atoms with E-state index in [0.717, 1.165) is 57.5 Å². The Balaban J connectivity index is 0.000000591. The number of aromatic amines is 1. The van der Waals surface area contributed by atoms with Crippen LogP contribution in [0.15, 0.2) is 59.1 Å². The number of carbonyl (C=O) groups excluding carboxylic acids is 1. The van der Waals surface area contributed by atoms with Gasteiger partial charge < -0.3 is 25.6 Å². The third-order valence-electron chi connectivity index (χ3n) is 7.67. The molecule has 0 atom stereocenters. The summed E-state index contributed by atoms with van der Waals surface area (Å²) in [6, 6.07) is 16.1. The van der Waals surface area contributed by atoms with Crippen molar-refractivity contribution in [2.75, 3.05) is 18.8 Å². The molecule has 14 heteroatoms. The molecule has 0 bridgehead atoms. The summed E-state index contributed by atoms with van der Waals surface area (Å²) >= 11 is 0. The zero-order valence-corrected chi connectivity index (χ0v) is 25.6. The predicted octanol–water partition coefficient (Wildman–Crippen LogP) is 5.29. The molecule has 0 spiro atoms. The van der Waals surface area contributed by atoms with E-state index in [1.54, 1.807) is 11.2 Å². The molecule has 2 aromatic carbocycles. The van der Waals surface area contributed by atoms with E-state index in [0.29, 0.717) is 31.7 Å². The smallest absolute Gasteiger partial charge is 0.475 e. The Labute approximate surface area is 258 Å². The van der Waals surface area contributed by atoms with Gasteiger partial charge in [0, 0.05) is 31.2 Å². The summed E-state index contributed by atoms with van der Waals surface area (Å²) in [5, 5.41) is 11.5. The summed E-state index contributed by atoms with van der Waals surface area (Å²) in [6.07, 6.45) is -1.66. The summed E-state index contributed by atoms with van der Waals surface area (Å²) in [6.45, 7) is 5.93. The highest BCUT2D eigenvalue weighted by molar-refractivity contribution is 7.89. The number of nitrogens with one attached hydrogen (secondary N) is 2. The minimum atomic E-state index is -5.08. The van der Waals surface area contributed by atoms with E-state index < -0.39 is 28.1 Å². The van der Waals surface area contributed by atoms with Crippen LogP contribution in [0.25, 0.3) is 22.0 Å². The molecule has 0 radical (unpaired) electrons. The van der Waals surface area contributed by atoms with Gasteiger partial charge in [0.2, 0.25) is 10.0 Å². The topological polar surface area (TPSA) is 159 Å². The van der Waals surface area contributed by atoms with Crippen molar-refractivity contribution < 1.29 is 40.7 Å². The van der Waals surface area contributed by atoms with E-state index in [4.69, 9.17) is 20.1 Å². The van der Waals surface area contributed by atoms with Crippen LogP contribution in [0.3, 0.4) is 0 Å². The maximum atomic E-state index is 12.4. The van der Waals surface area contributed by atoms with Gasteiger partial charge in [0.25, 0.3) is 5.91 Å². The normalized spacial score (nSPS) is 14.7. The number of nitrogens with two attached hydrogens (primary N) is 1. The molecule has 1 aliphatic rings. The molecule has 0 unspecified atom stereocenters. The number of hydrogen-bond acceptors (Lipinski definition) is 6. The number of hydrogen-bond donors (Lipinski definition) is 4. The number of rotatable bonds is 9. The number of alkyl halides is 3. The average Bonchev–Trinajstić information content (AvgIpc) is 3.62. The summed E-state index contributed by atoms with van der Waals surface area (Å²) < 4.78 is 63.6. The van der Waals surface area contributed by atoms with Gasteiger partial charge in [-0.3, -0.25) is 4.79 Å². The lowest BCUT2D eigenvalue weighted by Gasteiger charge is -2.31. The number of fused-ring (bicyclic) bond motifs is 1. The van der Waals surface area contributed by atoms with Gasteiger partial charge in [0.05, 0.1) is 23.4 Å². The number of aryl methyl sites for hydroxylation is 1. The Kier molecular flexibility index (Phi) is 10.4. The van der Waals surface area contributed by atoms with Gasteiger partial charge in [0.1, 0.15) is 11.5 Å². The Morgan fingerprint density at radius 3 is 2.36 bits per heavy atom. The highest BCUT2D eigenvalue weighted by Crippen LogP contribution is 2.37. The van der Waals surface area contributed by atoms with E-state index in [1.165, 1.54) is 0 Å². The number of furan rings is 1. The molecule has 4 aromatic rings. The fourth-order valence-corrected chi connectivity index (χ4v) is 6.48. The first-order chi connectivity index (χ1) is 21.2. The van der Waals surface area contributed by atoms with Crippen molar-refractivity contribution in [3.63, 3.8) is 0 Å². The van der Waals surface area contributed by atoms with Crippen LogP contribution in [0.2, 0.25) is 0 Å². The van der Waals surface area contributed by atoms with Crippen LogP contribution in [0.5, 0.6) is 0 Å². The number of aromatic nitrogens is 1. The third-order valence-corrected chi connectivity index (χ3v) is 9.55. The number of carboxylic acid groups (broad SMARTS) is 1. The Bertz CT molecular complexity index is 1770. The molecular weight excluding hydrogens is 613 g/mol. The number of amides is 1. The van der Waals surface area contributed by atoms with Gasteiger partial charge in [-0.15, -0.1) is 0 Å². The third kappa shape index (κ3) is 8.32. The number of halogens is 3. The van der Waals surface area contributed by atoms with Crippen molar-refractivity contribution in [3.05, 3.63) is 82.9 Å². The number of sulfonamides is 1. The molecular formula is C31H35F3N4O6S. The highest BCUT2D eigenvalue weighted by Gasteiger charge is 2.38. The van der Waals surface area contributed by atoms with E-state index in [2.05, 4.69) is 28.5 Å². The van der Waals surface area contributed by atoms with Crippen LogP contribution < -0.4 is 11.1 Å². The second-order valence-electron chi connectivity index (χ2n) is 10.7. The molecule has 1 saturated heterocycles. The molecule has 1 amide bonds. The largest absolute Gasteiger partial charge is 0.490 e. The SMILES string of the molecule is CCS(=O)(=O)N1CCC(c2c[nH]c3c(C(N)=O)cc(-c4cccc(CNCc5ccc(C)o5)c4)cc23)CC1.O=C(O)C(F)(F)F. The molecule has 3 heterocycles. The minimum Gasteiger partial charge on any atom is -0.475 e. The Morgan fingerprint density at radius 1 is 1.09 bits per heavy atom. The van der Waals surface area contributed by atoms with E-state index in [-0.39, 0.29) is 11.7 Å². The van der Waals surface area contributed by atoms with Gasteiger partial charge in [-0.25, -0.2) is 17.5 Å². The fourth-order valence-electron chi connectivity index (χ4n) is 5.35. The molecule has 0 aliphatic carbocycles. The van der Waals surface area contributed by atoms with Crippen molar-refractivity contribution in [2.24, 2.45) is 5.73 Å². The molecule has 45 heavy (non-hydrogen) atoms. The number of piperidine rings is 1. The Morgan fingerprint density at radius 2 is 1.78 bits per heavy atom. The summed E-state index contributed by atoms with van der Waals surface area (Å²) in [7, 11) is -3.19. The first kappa shape index (κ1) is 33.7. The number of H-pyrrole nitrogens is 1. The van der Waals surface area contributed by atoms with Crippen LogP contribution in [0.1, 0.15) is 58.7 Å². The highest BCUT2D eigenvalue weighted by atomic mass is 32.2. The van der Waals surface area contributed by atoms with Gasteiger partial charge in [-0.1, -0.05) is 18.2 Å². The van der Waals surface area contributed by atoms with Crippen molar-refractivity contribution in [2.45, 2.75) is 51.9 Å². The molecule has 10 nitrogen and oxygen atoms in total. The zero-order valence-electron chi connectivity index (χ0n) is 24.8. The standard InChI is InChI=1S/C29H34N4O4S.C2HF3O2/c1-3-38(35,36)33-11-9-21(10-12-33)27-18-32-28-25(27)14-23(15-26(28)29(30)34)22-6-4-5-20(13-22)16-31-17-24-8-7-19(2)37-24;3-2(4,5)1(6)7/h4-8,13-15,18,21,31-32H,3,9-12,16-17H2,1-2H3,(H2,30,34);(H,6,7). The lowest BCUT2D eigenvalue weighted by atomic mass is 9.88.